The third kappa shape index (κ3) is 5.63. The summed E-state index contributed by atoms with van der Waals surface area (Å²) < 4.78 is 46.6. The summed E-state index contributed by atoms with van der Waals surface area (Å²) in [5, 5.41) is 3.30. The minimum Gasteiger partial charge on any atom is -0.370 e. The molecule has 0 radical (unpaired) electrons. The van der Waals surface area contributed by atoms with Crippen LogP contribution in [0, 0.1) is 0 Å². The van der Waals surface area contributed by atoms with Gasteiger partial charge in [-0.15, -0.1) is 24.0 Å². The van der Waals surface area contributed by atoms with E-state index in [1.54, 1.807) is 13.1 Å². The Morgan fingerprint density at radius 3 is 2.75 bits per heavy atom. The third-order valence-corrected chi connectivity index (χ3v) is 4.51. The fraction of sp³-hybridized carbons (Fsp3) is 0.421. The fourth-order valence-electron chi connectivity index (χ4n) is 3.14. The average molecular weight is 508 g/mol. The number of halogens is 4. The zero-order valence-corrected chi connectivity index (χ0v) is 18.1. The van der Waals surface area contributed by atoms with E-state index in [-0.39, 0.29) is 24.0 Å². The molecule has 1 saturated heterocycles. The van der Waals surface area contributed by atoms with E-state index in [0.29, 0.717) is 37.8 Å². The molecule has 3 rings (SSSR count). The topological polar surface area (TPSA) is 41.8 Å². The number of benzene rings is 1. The van der Waals surface area contributed by atoms with Crippen molar-refractivity contribution in [1.29, 1.82) is 0 Å². The smallest absolute Gasteiger partial charge is 0.370 e. The second-order valence-electron chi connectivity index (χ2n) is 6.51. The summed E-state index contributed by atoms with van der Waals surface area (Å²) >= 11 is 0. The lowest BCUT2D eigenvalue weighted by Gasteiger charge is -2.35. The largest absolute Gasteiger partial charge is 0.416 e. The minimum atomic E-state index is -4.36. The molecule has 1 aromatic carbocycles. The van der Waals surface area contributed by atoms with Gasteiger partial charge in [0.05, 0.1) is 18.7 Å². The quantitative estimate of drug-likeness (QED) is 0.390. The first-order valence-electron chi connectivity index (χ1n) is 8.72. The van der Waals surface area contributed by atoms with Gasteiger partial charge >= 0.3 is 6.18 Å². The molecule has 0 amide bonds. The number of alkyl halides is 3. The maximum atomic E-state index is 13.0. The Morgan fingerprint density at radius 2 is 2.11 bits per heavy atom. The van der Waals surface area contributed by atoms with E-state index in [9.17, 15) is 13.2 Å². The molecule has 154 valence electrons. The molecule has 0 aliphatic carbocycles. The molecule has 1 aliphatic rings. The number of rotatable bonds is 3. The van der Waals surface area contributed by atoms with E-state index in [4.69, 9.17) is 4.74 Å². The van der Waals surface area contributed by atoms with E-state index >= 15 is 0 Å². The second-order valence-corrected chi connectivity index (χ2v) is 6.51. The van der Waals surface area contributed by atoms with Gasteiger partial charge in [0.2, 0.25) is 0 Å². The van der Waals surface area contributed by atoms with Gasteiger partial charge in [0.1, 0.15) is 6.10 Å². The van der Waals surface area contributed by atoms with Crippen LogP contribution >= 0.6 is 24.0 Å². The fourth-order valence-corrected chi connectivity index (χ4v) is 3.14. The molecule has 0 bridgehead atoms. The van der Waals surface area contributed by atoms with Gasteiger partial charge in [0.15, 0.2) is 5.96 Å². The first-order chi connectivity index (χ1) is 12.9. The molecular formula is C19H24F3IN4O. The van der Waals surface area contributed by atoms with Crippen LogP contribution in [0.2, 0.25) is 0 Å². The van der Waals surface area contributed by atoms with Crippen molar-refractivity contribution in [1.82, 2.24) is 14.8 Å². The Labute approximate surface area is 179 Å². The van der Waals surface area contributed by atoms with Crippen molar-refractivity contribution >= 4 is 29.9 Å². The highest BCUT2D eigenvalue weighted by Gasteiger charge is 2.32. The highest BCUT2D eigenvalue weighted by molar-refractivity contribution is 14.0. The Morgan fingerprint density at radius 1 is 1.32 bits per heavy atom. The summed E-state index contributed by atoms with van der Waals surface area (Å²) in [6.45, 7) is 2.12. The summed E-state index contributed by atoms with van der Waals surface area (Å²) in [7, 11) is 3.65. The number of nitrogens with one attached hydrogen (secondary N) is 1. The van der Waals surface area contributed by atoms with Gasteiger partial charge in [-0.1, -0.05) is 12.1 Å². The molecule has 28 heavy (non-hydrogen) atoms. The number of morpholine rings is 1. The molecule has 9 heteroatoms. The molecule has 1 aromatic heterocycles. The van der Waals surface area contributed by atoms with Gasteiger partial charge in [0.25, 0.3) is 0 Å². The van der Waals surface area contributed by atoms with Crippen molar-refractivity contribution in [3.05, 3.63) is 59.4 Å². The summed E-state index contributed by atoms with van der Waals surface area (Å²) in [5.74, 6) is 0.708. The van der Waals surface area contributed by atoms with Gasteiger partial charge < -0.3 is 19.5 Å². The molecule has 2 heterocycles. The van der Waals surface area contributed by atoms with E-state index in [1.807, 2.05) is 35.0 Å². The number of guanidine groups is 1. The number of aryl methyl sites for hydroxylation is 1. The third-order valence-electron chi connectivity index (χ3n) is 4.51. The molecule has 0 saturated carbocycles. The molecule has 1 aliphatic heterocycles. The Kier molecular flexibility index (Phi) is 7.76. The van der Waals surface area contributed by atoms with Crippen LogP contribution in [0.5, 0.6) is 0 Å². The van der Waals surface area contributed by atoms with Crippen molar-refractivity contribution in [2.45, 2.75) is 18.8 Å². The van der Waals surface area contributed by atoms with Gasteiger partial charge in [-0.2, -0.15) is 13.2 Å². The number of nitrogens with zero attached hydrogens (tertiary/aromatic N) is 3. The highest BCUT2D eigenvalue weighted by atomic mass is 127. The predicted molar refractivity (Wildman–Crippen MR) is 113 cm³/mol. The molecule has 1 atom stereocenters. The SMILES string of the molecule is CN=C(NCc1ccn(C)c1)N1CCOC(c2cccc(C(F)(F)F)c2)C1.I. The van der Waals surface area contributed by atoms with Crippen LogP contribution in [0.4, 0.5) is 13.2 Å². The van der Waals surface area contributed by atoms with Crippen LogP contribution in [0.1, 0.15) is 22.8 Å². The molecule has 1 fully saturated rings. The Bertz CT molecular complexity index is 806. The monoisotopic (exact) mass is 508 g/mol. The van der Waals surface area contributed by atoms with Crippen LogP contribution in [0.15, 0.2) is 47.7 Å². The summed E-state index contributed by atoms with van der Waals surface area (Å²) in [5.41, 5.74) is 0.988. The predicted octanol–water partition coefficient (Wildman–Crippen LogP) is 3.81. The Balaban J connectivity index is 0.00000280. The molecule has 5 nitrogen and oxygen atoms in total. The van der Waals surface area contributed by atoms with E-state index < -0.39 is 17.8 Å². The first-order valence-corrected chi connectivity index (χ1v) is 8.72. The number of hydrogen-bond donors (Lipinski definition) is 1. The van der Waals surface area contributed by atoms with E-state index in [1.165, 1.54) is 6.07 Å². The zero-order valence-electron chi connectivity index (χ0n) is 15.7. The highest BCUT2D eigenvalue weighted by Crippen LogP contribution is 2.32. The van der Waals surface area contributed by atoms with Crippen molar-refractivity contribution in [3.63, 3.8) is 0 Å². The van der Waals surface area contributed by atoms with Crippen molar-refractivity contribution in [3.8, 4) is 0 Å². The normalized spacial score (nSPS) is 18.0. The van der Waals surface area contributed by atoms with Crippen LogP contribution in [0.25, 0.3) is 0 Å². The summed E-state index contributed by atoms with van der Waals surface area (Å²) in [6, 6.07) is 7.34. The van der Waals surface area contributed by atoms with E-state index in [2.05, 4.69) is 10.3 Å². The maximum absolute atomic E-state index is 13.0. The maximum Gasteiger partial charge on any atom is 0.416 e. The lowest BCUT2D eigenvalue weighted by Crippen LogP contribution is -2.47. The van der Waals surface area contributed by atoms with Gasteiger partial charge in [-0.3, -0.25) is 4.99 Å². The Hall–Kier alpha value is -1.75. The minimum absolute atomic E-state index is 0. The van der Waals surface area contributed by atoms with Crippen LogP contribution in [-0.4, -0.2) is 42.2 Å². The molecular weight excluding hydrogens is 484 g/mol. The van der Waals surface area contributed by atoms with Gasteiger partial charge in [-0.25, -0.2) is 0 Å². The average Bonchev–Trinajstić information content (AvgIpc) is 3.07. The van der Waals surface area contributed by atoms with Crippen LogP contribution in [-0.2, 0) is 24.5 Å². The summed E-state index contributed by atoms with van der Waals surface area (Å²) in [4.78, 5) is 6.32. The molecule has 1 N–H and O–H groups in total. The standard InChI is InChI=1S/C19H23F3N4O.HI/c1-23-18(24-11-14-6-7-25(2)12-14)26-8-9-27-17(13-26)15-4-3-5-16(10-15)19(20,21)22;/h3-7,10,12,17H,8-9,11,13H2,1-2H3,(H,23,24);1H. The van der Waals surface area contributed by atoms with Crippen molar-refractivity contribution < 1.29 is 17.9 Å². The van der Waals surface area contributed by atoms with Gasteiger partial charge in [-0.05, 0) is 29.3 Å². The van der Waals surface area contributed by atoms with E-state index in [0.717, 1.165) is 17.7 Å². The number of ether oxygens (including phenoxy) is 1. The molecule has 0 spiro atoms. The molecule has 2 aromatic rings. The molecule has 1 unspecified atom stereocenters. The van der Waals surface area contributed by atoms with Crippen molar-refractivity contribution in [2.75, 3.05) is 26.7 Å². The number of aromatic nitrogens is 1. The van der Waals surface area contributed by atoms with Crippen molar-refractivity contribution in [2.24, 2.45) is 12.0 Å². The first kappa shape index (κ1) is 22.5. The zero-order chi connectivity index (χ0) is 19.4. The summed E-state index contributed by atoms with van der Waals surface area (Å²) in [6.07, 6.45) is -0.808. The number of hydrogen-bond acceptors (Lipinski definition) is 2. The number of aliphatic imine (C=N–C) groups is 1. The second kappa shape index (κ2) is 9.64. The lowest BCUT2D eigenvalue weighted by atomic mass is 10.0. The van der Waals surface area contributed by atoms with Crippen LogP contribution in [0.3, 0.4) is 0 Å². The van der Waals surface area contributed by atoms with Gasteiger partial charge in [0, 0.05) is 39.6 Å². The lowest BCUT2D eigenvalue weighted by molar-refractivity contribution is -0.137. The van der Waals surface area contributed by atoms with Crippen LogP contribution < -0.4 is 5.32 Å².